The maximum atomic E-state index is 13.1. The third kappa shape index (κ3) is 5.21. The molecule has 3 nitrogen and oxygen atoms in total. The molecule has 1 fully saturated rings. The summed E-state index contributed by atoms with van der Waals surface area (Å²) in [6.07, 6.45) is -2.30. The summed E-state index contributed by atoms with van der Waals surface area (Å²) in [5, 5.41) is 2.72. The minimum atomic E-state index is -4.53. The Morgan fingerprint density at radius 3 is 2.40 bits per heavy atom. The molecule has 1 aromatic carbocycles. The van der Waals surface area contributed by atoms with Gasteiger partial charge in [-0.05, 0) is 49.9 Å². The van der Waals surface area contributed by atoms with Gasteiger partial charge in [0.15, 0.2) is 0 Å². The van der Waals surface area contributed by atoms with Crippen LogP contribution in [0.3, 0.4) is 0 Å². The number of nitrogens with zero attached hydrogens (tertiary/aromatic N) is 1. The molecule has 1 heterocycles. The van der Waals surface area contributed by atoms with Crippen molar-refractivity contribution in [3.05, 3.63) is 35.4 Å². The second-order valence-electron chi connectivity index (χ2n) is 7.28. The molecule has 0 radical (unpaired) electrons. The fraction of sp³-hybridized carbons (Fsp3) is 0.632. The molecule has 6 heteroatoms. The van der Waals surface area contributed by atoms with Gasteiger partial charge in [0.2, 0.25) is 0 Å². The Bertz CT molecular complexity index is 578. The summed E-state index contributed by atoms with van der Waals surface area (Å²) < 4.78 is 39.2. The van der Waals surface area contributed by atoms with E-state index in [0.717, 1.165) is 32.0 Å². The van der Waals surface area contributed by atoms with Crippen LogP contribution in [0.4, 0.5) is 13.2 Å². The van der Waals surface area contributed by atoms with Gasteiger partial charge in [0.1, 0.15) is 0 Å². The van der Waals surface area contributed by atoms with E-state index in [1.54, 1.807) is 0 Å². The van der Waals surface area contributed by atoms with Crippen molar-refractivity contribution in [2.24, 2.45) is 11.8 Å². The van der Waals surface area contributed by atoms with Crippen LogP contribution >= 0.6 is 0 Å². The fourth-order valence-electron chi connectivity index (χ4n) is 3.37. The molecule has 0 saturated carbocycles. The van der Waals surface area contributed by atoms with Crippen LogP contribution in [0.5, 0.6) is 0 Å². The summed E-state index contributed by atoms with van der Waals surface area (Å²) in [5.41, 5.74) is -1.20. The second-order valence-corrected chi connectivity index (χ2v) is 7.28. The van der Waals surface area contributed by atoms with Gasteiger partial charge in [-0.2, -0.15) is 13.2 Å². The molecule has 0 aliphatic carbocycles. The van der Waals surface area contributed by atoms with Gasteiger partial charge in [-0.25, -0.2) is 0 Å². The van der Waals surface area contributed by atoms with Crippen LogP contribution in [0.25, 0.3) is 0 Å². The average molecular weight is 356 g/mol. The Hall–Kier alpha value is -1.56. The van der Waals surface area contributed by atoms with Gasteiger partial charge >= 0.3 is 6.18 Å². The first-order valence-corrected chi connectivity index (χ1v) is 8.88. The topological polar surface area (TPSA) is 32.3 Å². The van der Waals surface area contributed by atoms with Crippen molar-refractivity contribution in [1.29, 1.82) is 0 Å². The van der Waals surface area contributed by atoms with Crippen molar-refractivity contribution < 1.29 is 18.0 Å². The Labute approximate surface area is 147 Å². The lowest BCUT2D eigenvalue weighted by atomic mass is 9.94. The molecule has 25 heavy (non-hydrogen) atoms. The first-order valence-electron chi connectivity index (χ1n) is 8.88. The third-order valence-corrected chi connectivity index (χ3v) is 5.01. The number of hydrogen-bond donors (Lipinski definition) is 1. The minimum absolute atomic E-state index is 0.134. The summed E-state index contributed by atoms with van der Waals surface area (Å²) in [5.74, 6) is 0.354. The highest BCUT2D eigenvalue weighted by Gasteiger charge is 2.35. The van der Waals surface area contributed by atoms with E-state index in [1.807, 2.05) is 0 Å². The van der Waals surface area contributed by atoms with E-state index in [0.29, 0.717) is 18.4 Å². The predicted octanol–water partition coefficient (Wildman–Crippen LogP) is 4.19. The number of alkyl halides is 3. The highest BCUT2D eigenvalue weighted by molar-refractivity contribution is 5.95. The standard InChI is InChI=1S/C19H27F3N2O/c1-13(2)17(24-10-8-14(3)9-11-24)12-23-18(25)15-6-4-5-7-16(15)19(20,21)22/h4-7,13-14,17H,8-12H2,1-3H3,(H,23,25)/t17-/m1/s1. The number of nitrogens with one attached hydrogen (secondary N) is 1. The van der Waals surface area contributed by atoms with Crippen LogP contribution in [0, 0.1) is 11.8 Å². The first-order chi connectivity index (χ1) is 11.7. The lowest BCUT2D eigenvalue weighted by Gasteiger charge is -2.39. The molecular weight excluding hydrogens is 329 g/mol. The summed E-state index contributed by atoms with van der Waals surface area (Å²) in [6, 6.07) is 5.06. The minimum Gasteiger partial charge on any atom is -0.350 e. The van der Waals surface area contributed by atoms with Crippen LogP contribution in [-0.2, 0) is 6.18 Å². The molecule has 0 bridgehead atoms. The van der Waals surface area contributed by atoms with E-state index in [4.69, 9.17) is 0 Å². The zero-order valence-corrected chi connectivity index (χ0v) is 15.1. The molecule has 1 saturated heterocycles. The van der Waals surface area contributed by atoms with Gasteiger partial charge in [0.05, 0.1) is 11.1 Å². The number of benzene rings is 1. The molecule has 0 aromatic heterocycles. The monoisotopic (exact) mass is 356 g/mol. The van der Waals surface area contributed by atoms with E-state index < -0.39 is 17.6 Å². The van der Waals surface area contributed by atoms with Crippen LogP contribution in [-0.4, -0.2) is 36.5 Å². The summed E-state index contributed by atoms with van der Waals surface area (Å²) >= 11 is 0. The lowest BCUT2D eigenvalue weighted by Crippen LogP contribution is -2.49. The van der Waals surface area contributed by atoms with Crippen LogP contribution < -0.4 is 5.32 Å². The van der Waals surface area contributed by atoms with Gasteiger partial charge < -0.3 is 5.32 Å². The highest BCUT2D eigenvalue weighted by atomic mass is 19.4. The van der Waals surface area contributed by atoms with E-state index in [9.17, 15) is 18.0 Å². The molecule has 0 spiro atoms. The molecule has 1 aliphatic rings. The number of amides is 1. The number of likely N-dealkylation sites (tertiary alicyclic amines) is 1. The molecule has 2 rings (SSSR count). The van der Waals surface area contributed by atoms with Crippen molar-refractivity contribution in [1.82, 2.24) is 10.2 Å². The molecule has 140 valence electrons. The van der Waals surface area contributed by atoms with Gasteiger partial charge in [-0.3, -0.25) is 9.69 Å². The predicted molar refractivity (Wildman–Crippen MR) is 92.4 cm³/mol. The van der Waals surface area contributed by atoms with E-state index in [1.165, 1.54) is 18.2 Å². The largest absolute Gasteiger partial charge is 0.417 e. The molecular formula is C19H27F3N2O. The van der Waals surface area contributed by atoms with Crippen molar-refractivity contribution in [3.8, 4) is 0 Å². The van der Waals surface area contributed by atoms with Crippen LogP contribution in [0.15, 0.2) is 24.3 Å². The first kappa shape index (κ1) is 19.8. The smallest absolute Gasteiger partial charge is 0.350 e. The van der Waals surface area contributed by atoms with Gasteiger partial charge in [0.25, 0.3) is 5.91 Å². The van der Waals surface area contributed by atoms with E-state index in [2.05, 4.69) is 31.0 Å². The van der Waals surface area contributed by atoms with Crippen LogP contribution in [0.2, 0.25) is 0 Å². The lowest BCUT2D eigenvalue weighted by molar-refractivity contribution is -0.137. The number of carbonyl (C=O) groups is 1. The van der Waals surface area contributed by atoms with E-state index >= 15 is 0 Å². The normalized spacial score (nSPS) is 18.4. The van der Waals surface area contributed by atoms with E-state index in [-0.39, 0.29) is 11.6 Å². The van der Waals surface area contributed by atoms with Crippen molar-refractivity contribution in [2.45, 2.75) is 45.8 Å². The highest BCUT2D eigenvalue weighted by Crippen LogP contribution is 2.31. The second kappa shape index (κ2) is 8.21. The zero-order valence-electron chi connectivity index (χ0n) is 15.1. The zero-order chi connectivity index (χ0) is 18.6. The number of hydrogen-bond acceptors (Lipinski definition) is 2. The summed E-state index contributed by atoms with van der Waals surface area (Å²) in [6.45, 7) is 8.70. The Morgan fingerprint density at radius 1 is 1.24 bits per heavy atom. The Morgan fingerprint density at radius 2 is 1.84 bits per heavy atom. The fourth-order valence-corrected chi connectivity index (χ4v) is 3.37. The number of carbonyl (C=O) groups excluding carboxylic acids is 1. The molecule has 1 N–H and O–H groups in total. The summed E-state index contributed by atoms with van der Waals surface area (Å²) in [4.78, 5) is 14.7. The maximum Gasteiger partial charge on any atom is 0.417 e. The SMILES string of the molecule is CC1CCN([C@H](CNC(=O)c2ccccc2C(F)(F)F)C(C)C)CC1. The number of piperidine rings is 1. The molecule has 0 unspecified atom stereocenters. The van der Waals surface area contributed by atoms with Gasteiger partial charge in [0, 0.05) is 12.6 Å². The Balaban J connectivity index is 2.05. The summed E-state index contributed by atoms with van der Waals surface area (Å²) in [7, 11) is 0. The van der Waals surface area contributed by atoms with Crippen molar-refractivity contribution >= 4 is 5.91 Å². The molecule has 1 aromatic rings. The number of halogens is 3. The quantitative estimate of drug-likeness (QED) is 0.858. The molecule has 1 aliphatic heterocycles. The number of rotatable bonds is 5. The van der Waals surface area contributed by atoms with Crippen molar-refractivity contribution in [2.75, 3.05) is 19.6 Å². The third-order valence-electron chi connectivity index (χ3n) is 5.01. The molecule has 1 amide bonds. The maximum absolute atomic E-state index is 13.1. The Kier molecular flexibility index (Phi) is 6.49. The molecule has 1 atom stereocenters. The van der Waals surface area contributed by atoms with Gasteiger partial charge in [-0.1, -0.05) is 32.9 Å². The van der Waals surface area contributed by atoms with Gasteiger partial charge in [-0.15, -0.1) is 0 Å². The van der Waals surface area contributed by atoms with Crippen molar-refractivity contribution in [3.63, 3.8) is 0 Å². The van der Waals surface area contributed by atoms with Crippen LogP contribution in [0.1, 0.15) is 49.5 Å². The average Bonchev–Trinajstić information content (AvgIpc) is 2.55.